The predicted octanol–water partition coefficient (Wildman–Crippen LogP) is 2.93. The molecule has 0 aliphatic heterocycles. The van der Waals surface area contributed by atoms with Gasteiger partial charge in [0.25, 0.3) is 0 Å². The number of anilines is 2. The number of aromatic nitrogens is 1. The molecule has 0 fully saturated rings. The summed E-state index contributed by atoms with van der Waals surface area (Å²) in [7, 11) is 0. The smallest absolute Gasteiger partial charge is 0.123 e. The van der Waals surface area contributed by atoms with Crippen LogP contribution in [0.15, 0.2) is 18.3 Å². The molecule has 0 aliphatic carbocycles. The first-order valence-corrected chi connectivity index (χ1v) is 6.17. The zero-order valence-electron chi connectivity index (χ0n) is 10.6. The van der Waals surface area contributed by atoms with Gasteiger partial charge in [-0.25, -0.2) is 4.98 Å². The van der Waals surface area contributed by atoms with Crippen molar-refractivity contribution in [3.8, 4) is 0 Å². The molecule has 0 saturated heterocycles. The molecule has 0 amide bonds. The third kappa shape index (κ3) is 3.40. The van der Waals surface area contributed by atoms with E-state index in [-0.39, 0.29) is 0 Å². The Balaban J connectivity index is 2.70. The Morgan fingerprint density at radius 1 is 1.25 bits per heavy atom. The summed E-state index contributed by atoms with van der Waals surface area (Å²) >= 11 is 0. The normalized spacial score (nSPS) is 10.8. The first-order chi connectivity index (χ1) is 7.71. The zero-order chi connectivity index (χ0) is 12.0. The Hall–Kier alpha value is -1.25. The van der Waals surface area contributed by atoms with Gasteiger partial charge in [0.15, 0.2) is 0 Å². The molecule has 90 valence electrons. The lowest BCUT2D eigenvalue weighted by molar-refractivity contribution is 0.486. The van der Waals surface area contributed by atoms with Gasteiger partial charge in [-0.1, -0.05) is 26.7 Å². The van der Waals surface area contributed by atoms with Crippen LogP contribution in [0, 0.1) is 5.92 Å². The van der Waals surface area contributed by atoms with Gasteiger partial charge in [0.2, 0.25) is 0 Å². The lowest BCUT2D eigenvalue weighted by Gasteiger charge is -2.27. The summed E-state index contributed by atoms with van der Waals surface area (Å²) in [5, 5.41) is 0. The Morgan fingerprint density at radius 3 is 2.38 bits per heavy atom. The summed E-state index contributed by atoms with van der Waals surface area (Å²) in [6.45, 7) is 8.81. The fourth-order valence-corrected chi connectivity index (χ4v) is 1.86. The van der Waals surface area contributed by atoms with E-state index in [9.17, 15) is 0 Å². The minimum atomic E-state index is 0.585. The molecule has 2 N–H and O–H groups in total. The SMILES string of the molecule is CCC(CC)CN(CC)c1ccc(N)nc1. The standard InChI is InChI=1S/C13H23N3/c1-4-11(5-2)10-16(6-3)12-7-8-13(14)15-9-12/h7-9,11H,4-6,10H2,1-3H3,(H2,14,15). The highest BCUT2D eigenvalue weighted by Gasteiger charge is 2.10. The molecule has 1 rings (SSSR count). The number of nitrogens with zero attached hydrogens (tertiary/aromatic N) is 2. The summed E-state index contributed by atoms with van der Waals surface area (Å²) in [5.41, 5.74) is 6.76. The second-order valence-electron chi connectivity index (χ2n) is 4.16. The van der Waals surface area contributed by atoms with Gasteiger partial charge in [-0.2, -0.15) is 0 Å². The van der Waals surface area contributed by atoms with Crippen molar-refractivity contribution in [2.24, 2.45) is 5.92 Å². The lowest BCUT2D eigenvalue weighted by atomic mass is 10.0. The first-order valence-electron chi connectivity index (χ1n) is 6.17. The molecule has 0 aliphatic rings. The Kier molecular flexibility index (Phi) is 5.09. The summed E-state index contributed by atoms with van der Waals surface area (Å²) in [5.74, 6) is 1.35. The van der Waals surface area contributed by atoms with Crippen molar-refractivity contribution in [3.63, 3.8) is 0 Å². The largest absolute Gasteiger partial charge is 0.384 e. The molecular formula is C13H23N3. The van der Waals surface area contributed by atoms with Crippen LogP contribution in [0.5, 0.6) is 0 Å². The van der Waals surface area contributed by atoms with E-state index < -0.39 is 0 Å². The van der Waals surface area contributed by atoms with Crippen molar-refractivity contribution in [3.05, 3.63) is 18.3 Å². The second kappa shape index (κ2) is 6.36. The highest BCUT2D eigenvalue weighted by molar-refractivity contribution is 5.47. The van der Waals surface area contributed by atoms with Crippen LogP contribution in [0.4, 0.5) is 11.5 Å². The molecular weight excluding hydrogens is 198 g/mol. The molecule has 3 heteroatoms. The quantitative estimate of drug-likeness (QED) is 0.803. The third-order valence-electron chi connectivity index (χ3n) is 3.15. The molecule has 0 saturated carbocycles. The average Bonchev–Trinajstić information content (AvgIpc) is 2.32. The van der Waals surface area contributed by atoms with Crippen LogP contribution in [0.1, 0.15) is 33.6 Å². The fraction of sp³-hybridized carbons (Fsp3) is 0.615. The van der Waals surface area contributed by atoms with E-state index in [0.29, 0.717) is 5.82 Å². The van der Waals surface area contributed by atoms with E-state index in [2.05, 4.69) is 30.7 Å². The Morgan fingerprint density at radius 2 is 1.94 bits per heavy atom. The van der Waals surface area contributed by atoms with Gasteiger partial charge in [0.05, 0.1) is 11.9 Å². The molecule has 1 heterocycles. The first kappa shape index (κ1) is 12.8. The van der Waals surface area contributed by atoms with E-state index in [1.54, 1.807) is 0 Å². The molecule has 0 atom stereocenters. The van der Waals surface area contributed by atoms with Gasteiger partial charge in [0.1, 0.15) is 5.82 Å². The number of pyridine rings is 1. The molecule has 0 aromatic carbocycles. The highest BCUT2D eigenvalue weighted by atomic mass is 15.1. The number of hydrogen-bond donors (Lipinski definition) is 1. The monoisotopic (exact) mass is 221 g/mol. The predicted molar refractivity (Wildman–Crippen MR) is 70.6 cm³/mol. The summed E-state index contributed by atoms with van der Waals surface area (Å²) in [6.07, 6.45) is 4.33. The van der Waals surface area contributed by atoms with Gasteiger partial charge >= 0.3 is 0 Å². The van der Waals surface area contributed by atoms with Crippen molar-refractivity contribution in [2.75, 3.05) is 23.7 Å². The summed E-state index contributed by atoms with van der Waals surface area (Å²) in [6, 6.07) is 3.92. The van der Waals surface area contributed by atoms with E-state index in [1.165, 1.54) is 18.5 Å². The van der Waals surface area contributed by atoms with Gasteiger partial charge in [0, 0.05) is 13.1 Å². The molecule has 0 unspecified atom stereocenters. The van der Waals surface area contributed by atoms with Crippen LogP contribution in [0.25, 0.3) is 0 Å². The molecule has 0 bridgehead atoms. The van der Waals surface area contributed by atoms with Crippen molar-refractivity contribution >= 4 is 11.5 Å². The van der Waals surface area contributed by atoms with Crippen molar-refractivity contribution in [2.45, 2.75) is 33.6 Å². The molecule has 1 aromatic heterocycles. The fourth-order valence-electron chi connectivity index (χ4n) is 1.86. The van der Waals surface area contributed by atoms with E-state index >= 15 is 0 Å². The molecule has 0 radical (unpaired) electrons. The van der Waals surface area contributed by atoms with Gasteiger partial charge < -0.3 is 10.6 Å². The Labute approximate surface area is 98.7 Å². The summed E-state index contributed by atoms with van der Waals surface area (Å²) in [4.78, 5) is 6.51. The zero-order valence-corrected chi connectivity index (χ0v) is 10.6. The van der Waals surface area contributed by atoms with Crippen LogP contribution in [-0.2, 0) is 0 Å². The number of nitrogens with two attached hydrogens (primary N) is 1. The van der Waals surface area contributed by atoms with Crippen LogP contribution in [0.3, 0.4) is 0 Å². The van der Waals surface area contributed by atoms with Crippen LogP contribution >= 0.6 is 0 Å². The summed E-state index contributed by atoms with van der Waals surface area (Å²) < 4.78 is 0. The second-order valence-corrected chi connectivity index (χ2v) is 4.16. The van der Waals surface area contributed by atoms with Crippen LogP contribution in [0.2, 0.25) is 0 Å². The number of hydrogen-bond acceptors (Lipinski definition) is 3. The van der Waals surface area contributed by atoms with E-state index in [0.717, 1.165) is 19.0 Å². The van der Waals surface area contributed by atoms with Gasteiger partial charge in [-0.15, -0.1) is 0 Å². The maximum Gasteiger partial charge on any atom is 0.123 e. The van der Waals surface area contributed by atoms with Crippen molar-refractivity contribution in [1.82, 2.24) is 4.98 Å². The number of nitrogen functional groups attached to an aromatic ring is 1. The molecule has 3 nitrogen and oxygen atoms in total. The minimum absolute atomic E-state index is 0.585. The van der Waals surface area contributed by atoms with Crippen molar-refractivity contribution in [1.29, 1.82) is 0 Å². The molecule has 1 aromatic rings. The highest BCUT2D eigenvalue weighted by Crippen LogP contribution is 2.18. The van der Waals surface area contributed by atoms with Gasteiger partial charge in [-0.3, -0.25) is 0 Å². The molecule has 16 heavy (non-hydrogen) atoms. The topological polar surface area (TPSA) is 42.1 Å². The average molecular weight is 221 g/mol. The van der Waals surface area contributed by atoms with Crippen LogP contribution in [-0.4, -0.2) is 18.1 Å². The third-order valence-corrected chi connectivity index (χ3v) is 3.15. The minimum Gasteiger partial charge on any atom is -0.384 e. The van der Waals surface area contributed by atoms with E-state index in [1.807, 2.05) is 18.3 Å². The molecule has 0 spiro atoms. The maximum atomic E-state index is 5.59. The van der Waals surface area contributed by atoms with Gasteiger partial charge in [-0.05, 0) is 25.0 Å². The Bertz CT molecular complexity index is 291. The maximum absolute atomic E-state index is 5.59. The van der Waals surface area contributed by atoms with Crippen molar-refractivity contribution < 1.29 is 0 Å². The van der Waals surface area contributed by atoms with E-state index in [4.69, 9.17) is 5.73 Å². The lowest BCUT2D eigenvalue weighted by Crippen LogP contribution is -2.29. The number of rotatable bonds is 6. The van der Waals surface area contributed by atoms with Crippen LogP contribution < -0.4 is 10.6 Å².